The van der Waals surface area contributed by atoms with Crippen LogP contribution in [0.5, 0.6) is 0 Å². The molecule has 2 spiro atoms. The number of benzene rings is 3. The van der Waals surface area contributed by atoms with Crippen LogP contribution in [0.15, 0.2) is 72.9 Å². The Kier molecular flexibility index (Phi) is 11.4. The van der Waals surface area contributed by atoms with Crippen LogP contribution in [0.1, 0.15) is 114 Å². The molecule has 0 radical (unpaired) electrons. The lowest BCUT2D eigenvalue weighted by molar-refractivity contribution is -0.141. The average molecular weight is 964 g/mol. The molecule has 1 saturated carbocycles. The van der Waals surface area contributed by atoms with Crippen LogP contribution in [0.2, 0.25) is 5.02 Å². The number of rotatable bonds is 6. The first-order chi connectivity index (χ1) is 32.8. The molecule has 1 unspecified atom stereocenters. The zero-order valence-electron chi connectivity index (χ0n) is 38.2. The summed E-state index contributed by atoms with van der Waals surface area (Å²) in [7, 11) is 0. The normalized spacial score (nSPS) is 25.7. The van der Waals surface area contributed by atoms with Crippen molar-refractivity contribution in [2.45, 2.75) is 101 Å². The molecule has 1 aliphatic carbocycles. The lowest BCUT2D eigenvalue weighted by Crippen LogP contribution is -2.52. The first kappa shape index (κ1) is 46.4. The van der Waals surface area contributed by atoms with Crippen LogP contribution in [-0.4, -0.2) is 82.1 Å². The van der Waals surface area contributed by atoms with Crippen LogP contribution in [0.25, 0.3) is 0 Å². The second-order valence-corrected chi connectivity index (χ2v) is 21.0. The van der Waals surface area contributed by atoms with Gasteiger partial charge in [-0.2, -0.15) is 13.2 Å². The topological polar surface area (TPSA) is 153 Å². The third-order valence-corrected chi connectivity index (χ3v) is 15.5. The van der Waals surface area contributed by atoms with E-state index in [1.54, 1.807) is 48.5 Å². The number of hydrogen-bond acceptors (Lipinski definition) is 8. The summed E-state index contributed by atoms with van der Waals surface area (Å²) in [6, 6.07) is 15.2. The number of carbonyl (C=O) groups is 5. The van der Waals surface area contributed by atoms with Crippen molar-refractivity contribution in [2.75, 3.05) is 30.3 Å². The number of likely N-dealkylation sites (tertiary alicyclic amines) is 1. The Hall–Kier alpha value is -6.31. The Bertz CT molecular complexity index is 2880. The summed E-state index contributed by atoms with van der Waals surface area (Å²) < 4.78 is 57.8. The molecule has 3 aromatic carbocycles. The second-order valence-electron chi connectivity index (χ2n) is 20.6. The van der Waals surface area contributed by atoms with Crippen LogP contribution in [0.4, 0.5) is 28.9 Å². The van der Waals surface area contributed by atoms with Crippen molar-refractivity contribution in [3.8, 4) is 11.8 Å². The molecule has 12 nitrogen and oxygen atoms in total. The Morgan fingerprint density at radius 3 is 2.45 bits per heavy atom. The fourth-order valence-corrected chi connectivity index (χ4v) is 11.7. The van der Waals surface area contributed by atoms with Gasteiger partial charge in [-0.1, -0.05) is 62.4 Å². The van der Waals surface area contributed by atoms with E-state index >= 15 is 4.39 Å². The lowest BCUT2D eigenvalue weighted by Gasteiger charge is -2.39. The quantitative estimate of drug-likeness (QED) is 0.0868. The smallest absolute Gasteiger partial charge is 0.384 e. The van der Waals surface area contributed by atoms with E-state index in [-0.39, 0.29) is 76.7 Å². The number of halogens is 5. The summed E-state index contributed by atoms with van der Waals surface area (Å²) >= 11 is 6.35. The number of piperidine rings is 2. The van der Waals surface area contributed by atoms with Gasteiger partial charge >= 0.3 is 6.18 Å². The Labute approximate surface area is 401 Å². The fraction of sp³-hybridized carbons (Fsp3) is 0.423. The van der Waals surface area contributed by atoms with Gasteiger partial charge in [-0.25, -0.2) is 4.39 Å². The first-order valence-electron chi connectivity index (χ1n) is 23.3. The number of carbonyl (C=O) groups excluding carboxylic acids is 5. The second kappa shape index (κ2) is 17.0. The minimum Gasteiger partial charge on any atom is -0.384 e. The fourth-order valence-electron chi connectivity index (χ4n) is 11.6. The molecule has 6 heterocycles. The summed E-state index contributed by atoms with van der Waals surface area (Å²) in [4.78, 5) is 73.1. The highest BCUT2D eigenvalue weighted by atomic mass is 35.5. The molecule has 69 heavy (non-hydrogen) atoms. The average Bonchev–Trinajstić information content (AvgIpc) is 3.51. The molecule has 6 aliphatic rings. The maximum Gasteiger partial charge on any atom is 0.433 e. The van der Waals surface area contributed by atoms with E-state index in [1.165, 1.54) is 17.2 Å². The highest BCUT2D eigenvalue weighted by molar-refractivity contribution is 6.30. The molecule has 1 aromatic heterocycles. The van der Waals surface area contributed by atoms with Crippen molar-refractivity contribution in [1.82, 2.24) is 25.4 Å². The zero-order valence-corrected chi connectivity index (χ0v) is 38.9. The van der Waals surface area contributed by atoms with Crippen LogP contribution in [-0.2, 0) is 32.5 Å². The van der Waals surface area contributed by atoms with Gasteiger partial charge in [0, 0.05) is 95.7 Å². The van der Waals surface area contributed by atoms with E-state index in [0.29, 0.717) is 41.9 Å². The minimum absolute atomic E-state index is 0.00575. The summed E-state index contributed by atoms with van der Waals surface area (Å²) in [5, 5.41) is 11.8. The molecule has 4 N–H and O–H groups in total. The maximum absolute atomic E-state index is 16.2. The number of amides is 5. The molecule has 6 atom stereocenters. The highest BCUT2D eigenvalue weighted by Gasteiger charge is 2.62. The van der Waals surface area contributed by atoms with Crippen molar-refractivity contribution in [3.05, 3.63) is 123 Å². The predicted octanol–water partition coefficient (Wildman–Crippen LogP) is 7.81. The Morgan fingerprint density at radius 2 is 1.74 bits per heavy atom. The van der Waals surface area contributed by atoms with Crippen LogP contribution in [0.3, 0.4) is 0 Å². The van der Waals surface area contributed by atoms with Gasteiger partial charge in [0.25, 0.3) is 11.8 Å². The standard InChI is InChI=1S/C52H50ClF4N7O5/c1-49(2,3)24-40-51(27-59-37-22-39(52(55,56)57)58-25-35(37)51)42(33-8-5-9-36(53)43(33)54)44(61-40)46(67)60-31-14-11-29(12-15-31)47(68)63-20-18-50(19-21-63)23-30(50)13-10-28-6-4-7-32-34(28)26-64(48(32)69)38-16-17-41(65)62-45(38)66/h4-9,11-12,14-15,22,25,30,38,40,42,44,59,61H,16-21,23-24,26-27H2,1-3H3,(H,60,67)(H,62,65,66)/t30-,38?,40-,42-,44+,51-/m0/s1. The molecule has 5 amide bonds. The highest BCUT2D eigenvalue weighted by Crippen LogP contribution is 2.59. The van der Waals surface area contributed by atoms with Crippen molar-refractivity contribution in [1.29, 1.82) is 0 Å². The monoisotopic (exact) mass is 963 g/mol. The van der Waals surface area contributed by atoms with E-state index in [0.717, 1.165) is 36.5 Å². The molecular formula is C52H50ClF4N7O5. The van der Waals surface area contributed by atoms with E-state index in [9.17, 15) is 37.1 Å². The molecule has 5 aliphatic heterocycles. The summed E-state index contributed by atoms with van der Waals surface area (Å²) in [5.74, 6) is 3.57. The number of pyridine rings is 1. The van der Waals surface area contributed by atoms with Crippen molar-refractivity contribution in [3.63, 3.8) is 0 Å². The van der Waals surface area contributed by atoms with Crippen molar-refractivity contribution < 1.29 is 41.5 Å². The predicted molar refractivity (Wildman–Crippen MR) is 248 cm³/mol. The van der Waals surface area contributed by atoms with Crippen LogP contribution in [0, 0.1) is 34.4 Å². The van der Waals surface area contributed by atoms with Crippen LogP contribution >= 0.6 is 11.6 Å². The number of aromatic nitrogens is 1. The van der Waals surface area contributed by atoms with Crippen molar-refractivity contribution in [2.24, 2.45) is 16.7 Å². The van der Waals surface area contributed by atoms with Crippen LogP contribution < -0.4 is 21.3 Å². The number of nitrogens with one attached hydrogen (secondary N) is 4. The largest absolute Gasteiger partial charge is 0.433 e. The number of alkyl halides is 3. The molecular weight excluding hydrogens is 914 g/mol. The molecule has 17 heteroatoms. The van der Waals surface area contributed by atoms with Gasteiger partial charge in [-0.15, -0.1) is 0 Å². The molecule has 4 aromatic rings. The Balaban J connectivity index is 0.815. The summed E-state index contributed by atoms with van der Waals surface area (Å²) in [5.41, 5.74) is 1.19. The maximum atomic E-state index is 16.2. The first-order valence-corrected chi connectivity index (χ1v) is 23.6. The van der Waals surface area contributed by atoms with Gasteiger partial charge < -0.3 is 25.8 Å². The number of hydrogen-bond donors (Lipinski definition) is 4. The molecule has 358 valence electrons. The number of nitrogens with zero attached hydrogens (tertiary/aromatic N) is 3. The molecule has 3 saturated heterocycles. The van der Waals surface area contributed by atoms with Crippen molar-refractivity contribution >= 4 is 52.5 Å². The molecule has 10 rings (SSSR count). The molecule has 4 fully saturated rings. The van der Waals surface area contributed by atoms with Gasteiger partial charge in [0.05, 0.1) is 11.1 Å². The van der Waals surface area contributed by atoms with E-state index < -0.39 is 59.0 Å². The SMILES string of the molecule is CC(C)(C)C[C@@H]1N[C@@H](C(=O)Nc2ccc(C(=O)N3CCC4(CC3)C[C@@H]4C#Cc3cccc4c3CN(C3CCC(=O)NC3=O)C4=O)cc2)[C@H](c2cccc(Cl)c2F)[C@]12CNc1cc(C(F)(F)F)ncc12. The van der Waals surface area contributed by atoms with Gasteiger partial charge in [0.2, 0.25) is 17.7 Å². The third-order valence-electron chi connectivity index (χ3n) is 15.2. The van der Waals surface area contributed by atoms with Gasteiger partial charge in [-0.3, -0.25) is 34.3 Å². The lowest BCUT2D eigenvalue weighted by atomic mass is 9.63. The van der Waals surface area contributed by atoms with Gasteiger partial charge in [-0.05, 0) is 103 Å². The van der Waals surface area contributed by atoms with E-state index in [1.807, 2.05) is 31.7 Å². The summed E-state index contributed by atoms with van der Waals surface area (Å²) in [6.45, 7) is 7.51. The van der Waals surface area contributed by atoms with Gasteiger partial charge in [0.15, 0.2) is 0 Å². The van der Waals surface area contributed by atoms with E-state index in [2.05, 4.69) is 38.1 Å². The molecule has 0 bridgehead atoms. The number of imide groups is 1. The van der Waals surface area contributed by atoms with E-state index in [4.69, 9.17) is 11.6 Å². The minimum atomic E-state index is -4.69. The number of fused-ring (bicyclic) bond motifs is 3. The third kappa shape index (κ3) is 8.30. The number of anilines is 2. The van der Waals surface area contributed by atoms with Gasteiger partial charge in [0.1, 0.15) is 17.6 Å². The summed E-state index contributed by atoms with van der Waals surface area (Å²) in [6.07, 6.45) is -0.0860. The Morgan fingerprint density at radius 1 is 1.00 bits per heavy atom. The zero-order chi connectivity index (χ0) is 48.8.